The van der Waals surface area contributed by atoms with Crippen molar-refractivity contribution in [1.82, 2.24) is 10.2 Å². The first kappa shape index (κ1) is 25.5. The number of carbonyl (C=O) groups is 2. The van der Waals surface area contributed by atoms with Crippen molar-refractivity contribution in [2.75, 3.05) is 13.8 Å². The Balaban J connectivity index is 2.30. The summed E-state index contributed by atoms with van der Waals surface area (Å²) in [5, 5.41) is 21.7. The van der Waals surface area contributed by atoms with Crippen LogP contribution in [-0.2, 0) is 11.3 Å². The van der Waals surface area contributed by atoms with Crippen molar-refractivity contribution in [3.05, 3.63) is 64.0 Å². The van der Waals surface area contributed by atoms with Crippen LogP contribution in [0.1, 0.15) is 58.2 Å². The molecule has 0 aliphatic heterocycles. The summed E-state index contributed by atoms with van der Waals surface area (Å²) in [5.74, 6) is -2.10. The molecule has 0 heterocycles. The fourth-order valence-corrected chi connectivity index (χ4v) is 3.48. The second-order valence-corrected chi connectivity index (χ2v) is 8.75. The van der Waals surface area contributed by atoms with E-state index in [9.17, 15) is 24.0 Å². The van der Waals surface area contributed by atoms with Gasteiger partial charge in [-0.1, -0.05) is 23.3 Å². The fourth-order valence-electron chi connectivity index (χ4n) is 3.48. The Hall–Kier alpha value is -2.75. The summed E-state index contributed by atoms with van der Waals surface area (Å²) < 4.78 is 19.9. The number of hydrogen-bond acceptors (Lipinski definition) is 5. The van der Waals surface area contributed by atoms with Gasteiger partial charge < -0.3 is 25.0 Å². The van der Waals surface area contributed by atoms with Crippen LogP contribution in [0.4, 0.5) is 4.39 Å². The number of ether oxygens (including phenoxy) is 1. The number of nitrogens with zero attached hydrogens (tertiary/aromatic N) is 1. The average molecular weight is 444 g/mol. The van der Waals surface area contributed by atoms with Crippen LogP contribution in [0.15, 0.2) is 30.3 Å². The molecule has 9 heteroatoms. The van der Waals surface area contributed by atoms with E-state index < -0.39 is 29.8 Å². The second-order valence-electron chi connectivity index (χ2n) is 8.75. The molecule has 0 radical (unpaired) electrons. The number of carbonyl (C=O) groups excluding carboxylic acids is 2. The van der Waals surface area contributed by atoms with E-state index in [2.05, 4.69) is 5.32 Å². The molecule has 0 aromatic heterocycles. The second kappa shape index (κ2) is 10.2. The van der Waals surface area contributed by atoms with Crippen LogP contribution < -0.4 is 10.8 Å². The molecular weight excluding hydrogens is 414 g/mol. The predicted molar refractivity (Wildman–Crippen MR) is 121 cm³/mol. The lowest BCUT2D eigenvalue weighted by Gasteiger charge is -2.36. The third-order valence-corrected chi connectivity index (χ3v) is 4.99. The van der Waals surface area contributed by atoms with Crippen molar-refractivity contribution in [3.8, 4) is 0 Å². The number of nitrogens with one attached hydrogen (secondary N) is 1. The van der Waals surface area contributed by atoms with E-state index in [0.29, 0.717) is 5.56 Å². The van der Waals surface area contributed by atoms with Crippen molar-refractivity contribution in [2.45, 2.75) is 46.8 Å². The molecule has 172 valence electrons. The molecule has 0 saturated heterocycles. The Kier molecular flexibility index (Phi) is 8.17. The summed E-state index contributed by atoms with van der Waals surface area (Å²) in [7, 11) is -0.718. The van der Waals surface area contributed by atoms with Crippen LogP contribution in [0.2, 0.25) is 0 Å². The zero-order valence-electron chi connectivity index (χ0n) is 19.3. The fraction of sp³-hybridized carbons (Fsp3) is 0.391. The Morgan fingerprint density at radius 2 is 1.72 bits per heavy atom. The number of halogens is 1. The lowest BCUT2D eigenvalue weighted by Crippen LogP contribution is -2.51. The molecule has 0 aliphatic carbocycles. The van der Waals surface area contributed by atoms with Gasteiger partial charge in [-0.25, -0.2) is 4.39 Å². The summed E-state index contributed by atoms with van der Waals surface area (Å²) in [5.41, 5.74) is 1.19. The molecule has 2 aromatic carbocycles. The van der Waals surface area contributed by atoms with Gasteiger partial charge in [-0.3, -0.25) is 9.59 Å². The summed E-state index contributed by atoms with van der Waals surface area (Å²) in [6.07, 6.45) is 0. The van der Waals surface area contributed by atoms with Crippen molar-refractivity contribution < 1.29 is 28.8 Å². The molecular formula is C23H30BFN2O5. The topological polar surface area (TPSA) is 99.1 Å². The van der Waals surface area contributed by atoms with Crippen molar-refractivity contribution in [3.63, 3.8) is 0 Å². The minimum Gasteiger partial charge on any atom is -0.423 e. The van der Waals surface area contributed by atoms with Crippen LogP contribution in [0.25, 0.3) is 0 Å². The average Bonchev–Trinajstić information content (AvgIpc) is 2.66. The van der Waals surface area contributed by atoms with Gasteiger partial charge >= 0.3 is 7.12 Å². The molecule has 7 nitrogen and oxygen atoms in total. The van der Waals surface area contributed by atoms with Gasteiger partial charge in [0.2, 0.25) is 0 Å². The molecule has 0 aliphatic rings. The SMILES string of the molecule is COCc1ccc(C(=O)NCN(C(=O)c2cc(C)cc(C)c2)C(C)(C)C)c(F)c1B(O)O. The Labute approximate surface area is 188 Å². The highest BCUT2D eigenvalue weighted by Crippen LogP contribution is 2.19. The van der Waals surface area contributed by atoms with Gasteiger partial charge in [0.1, 0.15) is 5.82 Å². The molecule has 2 amide bonds. The minimum atomic E-state index is -2.11. The highest BCUT2D eigenvalue weighted by atomic mass is 19.1. The third kappa shape index (κ3) is 5.94. The summed E-state index contributed by atoms with van der Waals surface area (Å²) in [6, 6.07) is 8.16. The maximum atomic E-state index is 14.9. The van der Waals surface area contributed by atoms with E-state index in [-0.39, 0.29) is 30.3 Å². The number of amides is 2. The Morgan fingerprint density at radius 3 is 2.22 bits per heavy atom. The molecule has 0 fully saturated rings. The van der Waals surface area contributed by atoms with Gasteiger partial charge in [0, 0.05) is 23.7 Å². The molecule has 0 atom stereocenters. The van der Waals surface area contributed by atoms with Crippen LogP contribution in [0.5, 0.6) is 0 Å². The first-order chi connectivity index (χ1) is 14.9. The van der Waals surface area contributed by atoms with Crippen LogP contribution >= 0.6 is 0 Å². The van der Waals surface area contributed by atoms with Gasteiger partial charge in [-0.05, 0) is 58.4 Å². The van der Waals surface area contributed by atoms with Crippen molar-refractivity contribution >= 4 is 24.4 Å². The molecule has 0 saturated carbocycles. The largest absolute Gasteiger partial charge is 0.491 e. The smallest absolute Gasteiger partial charge is 0.423 e. The van der Waals surface area contributed by atoms with E-state index in [1.54, 1.807) is 12.1 Å². The van der Waals surface area contributed by atoms with Crippen LogP contribution in [0, 0.1) is 19.7 Å². The molecule has 2 rings (SSSR count). The van der Waals surface area contributed by atoms with E-state index in [4.69, 9.17) is 4.74 Å². The molecule has 3 N–H and O–H groups in total. The summed E-state index contributed by atoms with van der Waals surface area (Å²) in [6.45, 7) is 9.09. The quantitative estimate of drug-likeness (QED) is 0.448. The van der Waals surface area contributed by atoms with E-state index in [1.165, 1.54) is 24.1 Å². The van der Waals surface area contributed by atoms with Crippen LogP contribution in [0.3, 0.4) is 0 Å². The zero-order valence-corrected chi connectivity index (χ0v) is 19.3. The number of hydrogen-bond donors (Lipinski definition) is 3. The van der Waals surface area contributed by atoms with Gasteiger partial charge in [0.15, 0.2) is 0 Å². The normalized spacial score (nSPS) is 11.3. The van der Waals surface area contributed by atoms with E-state index >= 15 is 0 Å². The van der Waals surface area contributed by atoms with Gasteiger partial charge in [0.25, 0.3) is 11.8 Å². The molecule has 32 heavy (non-hydrogen) atoms. The standard InChI is InChI=1S/C23H30BFN2O5/c1-14-9-15(2)11-17(10-14)22(29)27(23(3,4)5)13-26-21(28)18-8-7-16(12-32-6)19(20(18)25)24(30)31/h7-11,30-31H,12-13H2,1-6H3,(H,26,28). The number of benzene rings is 2. The monoisotopic (exact) mass is 444 g/mol. The van der Waals surface area contributed by atoms with Gasteiger partial charge in [0.05, 0.1) is 18.8 Å². The lowest BCUT2D eigenvalue weighted by molar-refractivity contribution is 0.0547. The number of aryl methyl sites for hydroxylation is 2. The summed E-state index contributed by atoms with van der Waals surface area (Å²) in [4.78, 5) is 27.4. The molecule has 2 aromatic rings. The van der Waals surface area contributed by atoms with Crippen LogP contribution in [-0.4, -0.2) is 53.2 Å². The number of methoxy groups -OCH3 is 1. The van der Waals surface area contributed by atoms with E-state index in [1.807, 2.05) is 40.7 Å². The van der Waals surface area contributed by atoms with Gasteiger partial charge in [-0.15, -0.1) is 0 Å². The highest BCUT2D eigenvalue weighted by molar-refractivity contribution is 6.59. The maximum Gasteiger partial charge on any atom is 0.491 e. The predicted octanol–water partition coefficient (Wildman–Crippen LogP) is 1.90. The van der Waals surface area contributed by atoms with Gasteiger partial charge in [-0.2, -0.15) is 0 Å². The van der Waals surface area contributed by atoms with Crippen molar-refractivity contribution in [1.29, 1.82) is 0 Å². The highest BCUT2D eigenvalue weighted by Gasteiger charge is 2.30. The molecule has 0 bridgehead atoms. The summed E-state index contributed by atoms with van der Waals surface area (Å²) >= 11 is 0. The first-order valence-electron chi connectivity index (χ1n) is 10.2. The Bertz CT molecular complexity index is 984. The molecule has 0 unspecified atom stereocenters. The van der Waals surface area contributed by atoms with Crippen molar-refractivity contribution in [2.24, 2.45) is 0 Å². The number of rotatable bonds is 7. The zero-order chi connectivity index (χ0) is 24.2. The lowest BCUT2D eigenvalue weighted by atomic mass is 9.75. The minimum absolute atomic E-state index is 0.0476. The molecule has 0 spiro atoms. The first-order valence-corrected chi connectivity index (χ1v) is 10.2. The van der Waals surface area contributed by atoms with E-state index in [0.717, 1.165) is 11.1 Å². The maximum absolute atomic E-state index is 14.9. The Morgan fingerprint density at radius 1 is 1.12 bits per heavy atom. The third-order valence-electron chi connectivity index (χ3n) is 4.99.